The number of nitrogens with one attached hydrogen (secondary N) is 1. The number of hydrogen-bond acceptors (Lipinski definition) is 4. The molecule has 0 saturated carbocycles. The first-order valence-electron chi connectivity index (χ1n) is 7.23. The lowest BCUT2D eigenvalue weighted by Gasteiger charge is -2.37. The predicted octanol–water partition coefficient (Wildman–Crippen LogP) is 2.35. The standard InChI is InChI=1S/C17H17Br2NO4/c1-10(24-14-7-6-11(18)9-13(14)19)15(21)20-17(2)8-4-3-5-12(17)16(22)23/h3-10,12H,1-2H3,(H,20,21)(H,22,23)/p-1. The third-order valence-electron chi connectivity index (χ3n) is 3.72. The van der Waals surface area contributed by atoms with Gasteiger partial charge in [-0.05, 0) is 48.0 Å². The Morgan fingerprint density at radius 2 is 2.04 bits per heavy atom. The highest BCUT2D eigenvalue weighted by Crippen LogP contribution is 2.29. The Morgan fingerprint density at radius 3 is 2.67 bits per heavy atom. The van der Waals surface area contributed by atoms with Crippen molar-refractivity contribution < 1.29 is 19.4 Å². The minimum atomic E-state index is -1.25. The number of ether oxygens (including phenoxy) is 1. The average Bonchev–Trinajstić information content (AvgIpc) is 2.49. The van der Waals surface area contributed by atoms with Crippen LogP contribution in [0.25, 0.3) is 0 Å². The van der Waals surface area contributed by atoms with Gasteiger partial charge >= 0.3 is 0 Å². The number of benzene rings is 1. The zero-order valence-corrected chi connectivity index (χ0v) is 16.3. The van der Waals surface area contributed by atoms with Crippen LogP contribution in [0.15, 0.2) is 51.4 Å². The fourth-order valence-corrected chi connectivity index (χ4v) is 3.50. The van der Waals surface area contributed by atoms with Crippen molar-refractivity contribution in [1.29, 1.82) is 0 Å². The van der Waals surface area contributed by atoms with Crippen molar-refractivity contribution >= 4 is 43.7 Å². The fourth-order valence-electron chi connectivity index (χ4n) is 2.36. The van der Waals surface area contributed by atoms with Crippen molar-refractivity contribution in [2.45, 2.75) is 25.5 Å². The maximum absolute atomic E-state index is 12.4. The third kappa shape index (κ3) is 4.27. The number of amides is 1. The van der Waals surface area contributed by atoms with Gasteiger partial charge in [0.05, 0.1) is 16.0 Å². The molecular weight excluding hydrogens is 442 g/mol. The van der Waals surface area contributed by atoms with Gasteiger partial charge in [-0.2, -0.15) is 0 Å². The van der Waals surface area contributed by atoms with Crippen molar-refractivity contribution in [2.24, 2.45) is 5.92 Å². The van der Waals surface area contributed by atoms with Gasteiger partial charge in [-0.25, -0.2) is 0 Å². The molecule has 1 aliphatic rings. The largest absolute Gasteiger partial charge is 0.549 e. The van der Waals surface area contributed by atoms with Gasteiger partial charge in [0.2, 0.25) is 0 Å². The molecule has 128 valence electrons. The van der Waals surface area contributed by atoms with Crippen LogP contribution in [0.5, 0.6) is 5.75 Å². The Morgan fingerprint density at radius 1 is 1.33 bits per heavy atom. The molecule has 24 heavy (non-hydrogen) atoms. The van der Waals surface area contributed by atoms with Crippen LogP contribution >= 0.6 is 31.9 Å². The summed E-state index contributed by atoms with van der Waals surface area (Å²) >= 11 is 6.71. The molecule has 3 unspecified atom stereocenters. The van der Waals surface area contributed by atoms with E-state index >= 15 is 0 Å². The molecule has 0 fully saturated rings. The number of aliphatic carboxylic acids is 1. The average molecular weight is 458 g/mol. The minimum Gasteiger partial charge on any atom is -0.549 e. The highest BCUT2D eigenvalue weighted by Gasteiger charge is 2.35. The lowest BCUT2D eigenvalue weighted by molar-refractivity contribution is -0.311. The molecule has 3 atom stereocenters. The van der Waals surface area contributed by atoms with Gasteiger partial charge in [-0.3, -0.25) is 4.79 Å². The molecule has 1 aromatic carbocycles. The Bertz CT molecular complexity index is 717. The predicted molar refractivity (Wildman–Crippen MR) is 95.3 cm³/mol. The summed E-state index contributed by atoms with van der Waals surface area (Å²) in [6.45, 7) is 3.23. The number of carbonyl (C=O) groups excluding carboxylic acids is 2. The topological polar surface area (TPSA) is 78.5 Å². The molecule has 0 aromatic heterocycles. The van der Waals surface area contributed by atoms with Crippen LogP contribution in [-0.4, -0.2) is 23.5 Å². The summed E-state index contributed by atoms with van der Waals surface area (Å²) in [6, 6.07) is 5.34. The molecule has 5 nitrogen and oxygen atoms in total. The normalized spacial score (nSPS) is 23.6. The Kier molecular flexibility index (Phi) is 5.87. The summed E-state index contributed by atoms with van der Waals surface area (Å²) in [7, 11) is 0. The number of allylic oxidation sites excluding steroid dienone is 2. The smallest absolute Gasteiger partial charge is 0.261 e. The van der Waals surface area contributed by atoms with Gasteiger partial charge in [0.25, 0.3) is 5.91 Å². The fraction of sp³-hybridized carbons (Fsp3) is 0.294. The van der Waals surface area contributed by atoms with E-state index in [0.29, 0.717) is 10.2 Å². The maximum atomic E-state index is 12.4. The second kappa shape index (κ2) is 7.53. The number of halogens is 2. The Labute approximate surface area is 157 Å². The Balaban J connectivity index is 2.09. The number of carbonyl (C=O) groups is 2. The van der Waals surface area contributed by atoms with Crippen LogP contribution in [0.2, 0.25) is 0 Å². The van der Waals surface area contributed by atoms with Crippen LogP contribution in [0.1, 0.15) is 13.8 Å². The van der Waals surface area contributed by atoms with Crippen molar-refractivity contribution in [3.8, 4) is 5.75 Å². The van der Waals surface area contributed by atoms with E-state index in [4.69, 9.17) is 4.74 Å². The lowest BCUT2D eigenvalue weighted by atomic mass is 9.82. The molecular formula is C17H16Br2NO4-. The highest BCUT2D eigenvalue weighted by molar-refractivity contribution is 9.11. The second-order valence-corrected chi connectivity index (χ2v) is 7.42. The SMILES string of the molecule is CC(Oc1ccc(Br)cc1Br)C(=O)NC1(C)C=CC=CC1C(=O)[O-]. The van der Waals surface area contributed by atoms with Gasteiger partial charge < -0.3 is 20.0 Å². The van der Waals surface area contributed by atoms with Crippen LogP contribution in [-0.2, 0) is 9.59 Å². The number of hydrogen-bond donors (Lipinski definition) is 1. The van der Waals surface area contributed by atoms with Gasteiger partial charge in [0.15, 0.2) is 6.10 Å². The first kappa shape index (κ1) is 18.7. The first-order valence-corrected chi connectivity index (χ1v) is 8.82. The van der Waals surface area contributed by atoms with Crippen LogP contribution < -0.4 is 15.2 Å². The summed E-state index contributed by atoms with van der Waals surface area (Å²) in [5.74, 6) is -2.10. The van der Waals surface area contributed by atoms with Crippen molar-refractivity contribution in [3.63, 3.8) is 0 Å². The number of carboxylic acid groups (broad SMARTS) is 1. The minimum absolute atomic E-state index is 0.418. The molecule has 1 aromatic rings. The highest BCUT2D eigenvalue weighted by atomic mass is 79.9. The molecule has 2 rings (SSSR count). The zero-order valence-electron chi connectivity index (χ0n) is 13.1. The van der Waals surface area contributed by atoms with Gasteiger partial charge in [0.1, 0.15) is 5.75 Å². The molecule has 0 aliphatic heterocycles. The molecule has 7 heteroatoms. The number of rotatable bonds is 5. The molecule has 1 aliphatic carbocycles. The molecule has 1 N–H and O–H groups in total. The summed E-state index contributed by atoms with van der Waals surface area (Å²) in [4.78, 5) is 23.7. The van der Waals surface area contributed by atoms with Gasteiger partial charge in [-0.15, -0.1) is 0 Å². The second-order valence-electron chi connectivity index (χ2n) is 5.65. The van der Waals surface area contributed by atoms with E-state index in [9.17, 15) is 14.7 Å². The third-order valence-corrected chi connectivity index (χ3v) is 4.83. The molecule has 0 radical (unpaired) electrons. The van der Waals surface area contributed by atoms with Crippen molar-refractivity contribution in [1.82, 2.24) is 5.32 Å². The van der Waals surface area contributed by atoms with Crippen molar-refractivity contribution in [2.75, 3.05) is 0 Å². The van der Waals surface area contributed by atoms with Crippen LogP contribution in [0, 0.1) is 5.92 Å². The van der Waals surface area contributed by atoms with Crippen LogP contribution in [0.4, 0.5) is 0 Å². The van der Waals surface area contributed by atoms with E-state index in [1.165, 1.54) is 6.08 Å². The summed E-state index contributed by atoms with van der Waals surface area (Å²) in [6.07, 6.45) is 5.63. The first-order chi connectivity index (χ1) is 11.2. The van der Waals surface area contributed by atoms with Crippen molar-refractivity contribution in [3.05, 3.63) is 51.4 Å². The quantitative estimate of drug-likeness (QED) is 0.736. The Hall–Kier alpha value is -1.60. The summed E-state index contributed by atoms with van der Waals surface area (Å²) in [5, 5.41) is 14.0. The lowest BCUT2D eigenvalue weighted by Crippen LogP contribution is -2.57. The zero-order chi connectivity index (χ0) is 17.9. The summed E-state index contributed by atoms with van der Waals surface area (Å²) in [5.41, 5.74) is -1.07. The van der Waals surface area contributed by atoms with E-state index in [1.54, 1.807) is 44.2 Å². The monoisotopic (exact) mass is 456 g/mol. The molecule has 0 spiro atoms. The van der Waals surface area contributed by atoms with E-state index in [1.807, 2.05) is 6.07 Å². The van der Waals surface area contributed by atoms with Crippen LogP contribution in [0.3, 0.4) is 0 Å². The van der Waals surface area contributed by atoms with E-state index < -0.39 is 29.4 Å². The van der Waals surface area contributed by atoms with Gasteiger partial charge in [-0.1, -0.05) is 40.2 Å². The molecule has 1 amide bonds. The maximum Gasteiger partial charge on any atom is 0.261 e. The molecule has 0 saturated heterocycles. The summed E-state index contributed by atoms with van der Waals surface area (Å²) < 4.78 is 7.24. The molecule has 0 bridgehead atoms. The molecule has 0 heterocycles. The number of carboxylic acids is 1. The van der Waals surface area contributed by atoms with Gasteiger partial charge in [0, 0.05) is 10.4 Å². The van der Waals surface area contributed by atoms with E-state index in [2.05, 4.69) is 37.2 Å². The van der Waals surface area contributed by atoms with E-state index in [0.717, 1.165) is 4.47 Å². The van der Waals surface area contributed by atoms with E-state index in [-0.39, 0.29) is 0 Å².